The molecule has 5 rings (SSSR count). The zero-order chi connectivity index (χ0) is 19.8. The molecule has 7 heteroatoms. The lowest BCUT2D eigenvalue weighted by Crippen LogP contribution is -2.21. The van der Waals surface area contributed by atoms with Crippen molar-refractivity contribution >= 4 is 34.1 Å². The van der Waals surface area contributed by atoms with Crippen LogP contribution in [0.15, 0.2) is 71.3 Å². The summed E-state index contributed by atoms with van der Waals surface area (Å²) in [5, 5.41) is 10.5. The van der Waals surface area contributed by atoms with Crippen molar-refractivity contribution in [2.45, 2.75) is 13.0 Å². The van der Waals surface area contributed by atoms with Gasteiger partial charge in [0.25, 0.3) is 0 Å². The number of nitrogens with zero attached hydrogens (tertiary/aromatic N) is 5. The molecule has 0 spiro atoms. The SMILES string of the molecule is CN(Cc1ccco1)c1nc2cc(Cl)ccc2c2nnc(Cc3ccccc3)n12. The van der Waals surface area contributed by atoms with E-state index in [9.17, 15) is 0 Å². The summed E-state index contributed by atoms with van der Waals surface area (Å²) in [6.45, 7) is 0.574. The van der Waals surface area contributed by atoms with Crippen LogP contribution in [-0.4, -0.2) is 26.6 Å². The standard InChI is InChI=1S/C22H18ClN5O/c1-27(14-17-8-5-11-29-17)22-24-19-13-16(23)9-10-18(19)21-26-25-20(28(21)22)12-15-6-3-2-4-7-15/h2-11,13H,12,14H2,1H3. The molecular weight excluding hydrogens is 386 g/mol. The monoisotopic (exact) mass is 403 g/mol. The molecule has 6 nitrogen and oxygen atoms in total. The summed E-state index contributed by atoms with van der Waals surface area (Å²) in [4.78, 5) is 6.93. The number of halogens is 1. The molecule has 3 aromatic heterocycles. The van der Waals surface area contributed by atoms with Gasteiger partial charge in [0.15, 0.2) is 5.65 Å². The first-order chi connectivity index (χ1) is 14.2. The summed E-state index contributed by atoms with van der Waals surface area (Å²) >= 11 is 6.22. The fourth-order valence-electron chi connectivity index (χ4n) is 3.50. The maximum Gasteiger partial charge on any atom is 0.213 e. The quantitative estimate of drug-likeness (QED) is 0.423. The lowest BCUT2D eigenvalue weighted by molar-refractivity contribution is 0.505. The Hall–Kier alpha value is -3.38. The van der Waals surface area contributed by atoms with Crippen LogP contribution in [0.4, 0.5) is 5.95 Å². The highest BCUT2D eigenvalue weighted by Crippen LogP contribution is 2.27. The van der Waals surface area contributed by atoms with Gasteiger partial charge in [-0.2, -0.15) is 0 Å². The third-order valence-electron chi connectivity index (χ3n) is 4.87. The molecule has 0 N–H and O–H groups in total. The number of hydrogen-bond donors (Lipinski definition) is 0. The number of anilines is 1. The molecular formula is C22H18ClN5O. The number of benzene rings is 2. The number of furan rings is 1. The van der Waals surface area contributed by atoms with Crippen LogP contribution in [0.2, 0.25) is 5.02 Å². The van der Waals surface area contributed by atoms with Gasteiger partial charge in [-0.15, -0.1) is 10.2 Å². The Bertz CT molecular complexity index is 1280. The number of aromatic nitrogens is 4. The minimum atomic E-state index is 0.574. The largest absolute Gasteiger partial charge is 0.467 e. The average Bonchev–Trinajstić information content (AvgIpc) is 3.38. The van der Waals surface area contributed by atoms with Crippen molar-refractivity contribution in [2.75, 3.05) is 11.9 Å². The molecule has 0 atom stereocenters. The van der Waals surface area contributed by atoms with E-state index in [1.165, 1.54) is 0 Å². The van der Waals surface area contributed by atoms with Crippen molar-refractivity contribution in [1.29, 1.82) is 0 Å². The van der Waals surface area contributed by atoms with Crippen LogP contribution < -0.4 is 4.90 Å². The molecule has 0 saturated heterocycles. The maximum absolute atomic E-state index is 6.22. The van der Waals surface area contributed by atoms with Crippen molar-refractivity contribution in [3.63, 3.8) is 0 Å². The summed E-state index contributed by atoms with van der Waals surface area (Å²) in [5.74, 6) is 2.42. The smallest absolute Gasteiger partial charge is 0.213 e. The van der Waals surface area contributed by atoms with Crippen molar-refractivity contribution in [1.82, 2.24) is 19.6 Å². The van der Waals surface area contributed by atoms with Gasteiger partial charge in [-0.05, 0) is 35.9 Å². The fraction of sp³-hybridized carbons (Fsp3) is 0.136. The van der Waals surface area contributed by atoms with Crippen LogP contribution in [-0.2, 0) is 13.0 Å². The highest BCUT2D eigenvalue weighted by Gasteiger charge is 2.19. The van der Waals surface area contributed by atoms with Crippen LogP contribution in [0, 0.1) is 0 Å². The third-order valence-corrected chi connectivity index (χ3v) is 5.11. The van der Waals surface area contributed by atoms with E-state index < -0.39 is 0 Å². The molecule has 0 fully saturated rings. The predicted molar refractivity (Wildman–Crippen MR) is 113 cm³/mol. The molecule has 0 aliphatic heterocycles. The van der Waals surface area contributed by atoms with Crippen molar-refractivity contribution < 1.29 is 4.42 Å². The highest BCUT2D eigenvalue weighted by atomic mass is 35.5. The van der Waals surface area contributed by atoms with Gasteiger partial charge in [-0.3, -0.25) is 0 Å². The van der Waals surface area contributed by atoms with Gasteiger partial charge in [-0.1, -0.05) is 41.9 Å². The molecule has 0 saturated carbocycles. The molecule has 3 heterocycles. The molecule has 0 unspecified atom stereocenters. The first-order valence-electron chi connectivity index (χ1n) is 9.30. The van der Waals surface area contributed by atoms with Gasteiger partial charge in [-0.25, -0.2) is 9.38 Å². The van der Waals surface area contributed by atoms with Crippen LogP contribution in [0.25, 0.3) is 16.6 Å². The Morgan fingerprint density at radius 3 is 2.69 bits per heavy atom. The third kappa shape index (κ3) is 3.32. The Kier molecular flexibility index (Phi) is 4.41. The lowest BCUT2D eigenvalue weighted by atomic mass is 10.1. The van der Waals surface area contributed by atoms with Gasteiger partial charge in [0.05, 0.1) is 18.3 Å². The van der Waals surface area contributed by atoms with Gasteiger partial charge in [0.1, 0.15) is 11.6 Å². The van der Waals surface area contributed by atoms with Gasteiger partial charge in [0, 0.05) is 23.9 Å². The average molecular weight is 404 g/mol. The van der Waals surface area contributed by atoms with Gasteiger partial charge >= 0.3 is 0 Å². The number of fused-ring (bicyclic) bond motifs is 3. The van der Waals surface area contributed by atoms with E-state index in [4.69, 9.17) is 21.0 Å². The van der Waals surface area contributed by atoms with E-state index in [0.717, 1.165) is 39.6 Å². The molecule has 5 aromatic rings. The maximum atomic E-state index is 6.22. The topological polar surface area (TPSA) is 59.5 Å². The zero-order valence-electron chi connectivity index (χ0n) is 15.8. The first kappa shape index (κ1) is 17.7. The van der Waals surface area contributed by atoms with Gasteiger partial charge in [0.2, 0.25) is 5.95 Å². The lowest BCUT2D eigenvalue weighted by Gasteiger charge is -2.19. The Balaban J connectivity index is 1.69. The molecule has 144 valence electrons. The van der Waals surface area contributed by atoms with Crippen molar-refractivity contribution in [2.24, 2.45) is 0 Å². The fourth-order valence-corrected chi connectivity index (χ4v) is 3.67. The Morgan fingerprint density at radius 2 is 1.90 bits per heavy atom. The van der Waals surface area contributed by atoms with E-state index in [0.29, 0.717) is 18.0 Å². The van der Waals surface area contributed by atoms with Crippen LogP contribution in [0.3, 0.4) is 0 Å². The van der Waals surface area contributed by atoms with E-state index >= 15 is 0 Å². The first-order valence-corrected chi connectivity index (χ1v) is 9.67. The van der Waals surface area contributed by atoms with E-state index in [-0.39, 0.29) is 0 Å². The normalized spacial score (nSPS) is 11.4. The molecule has 0 aliphatic rings. The minimum absolute atomic E-state index is 0.574. The summed E-state index contributed by atoms with van der Waals surface area (Å²) in [7, 11) is 1.98. The molecule has 0 bridgehead atoms. The minimum Gasteiger partial charge on any atom is -0.467 e. The molecule has 0 radical (unpaired) electrons. The number of rotatable bonds is 5. The summed E-state index contributed by atoms with van der Waals surface area (Å²) in [5.41, 5.74) is 2.71. The summed E-state index contributed by atoms with van der Waals surface area (Å²) in [6.07, 6.45) is 2.33. The van der Waals surface area contributed by atoms with Gasteiger partial charge < -0.3 is 9.32 Å². The van der Waals surface area contributed by atoms with Crippen LogP contribution in [0.5, 0.6) is 0 Å². The van der Waals surface area contributed by atoms with E-state index in [2.05, 4.69) is 22.3 Å². The van der Waals surface area contributed by atoms with E-state index in [1.54, 1.807) is 6.26 Å². The number of hydrogen-bond acceptors (Lipinski definition) is 5. The summed E-state index contributed by atoms with van der Waals surface area (Å²) < 4.78 is 7.54. The Labute approximate surface area is 172 Å². The second-order valence-corrected chi connectivity index (χ2v) is 7.38. The molecule has 0 amide bonds. The Morgan fingerprint density at radius 1 is 1.03 bits per heavy atom. The zero-order valence-corrected chi connectivity index (χ0v) is 16.5. The molecule has 2 aromatic carbocycles. The van der Waals surface area contributed by atoms with Crippen molar-refractivity contribution in [3.05, 3.63) is 89.1 Å². The summed E-state index contributed by atoms with van der Waals surface area (Å²) in [6, 6.07) is 19.7. The van der Waals surface area contributed by atoms with Crippen molar-refractivity contribution in [3.8, 4) is 0 Å². The predicted octanol–water partition coefficient (Wildman–Crippen LogP) is 4.75. The second kappa shape index (κ2) is 7.22. The molecule has 29 heavy (non-hydrogen) atoms. The van der Waals surface area contributed by atoms with E-state index in [1.807, 2.05) is 64.9 Å². The van der Waals surface area contributed by atoms with Crippen LogP contribution >= 0.6 is 11.6 Å². The second-order valence-electron chi connectivity index (χ2n) is 6.95. The highest BCUT2D eigenvalue weighted by molar-refractivity contribution is 6.31. The van der Waals surface area contributed by atoms with Crippen LogP contribution in [0.1, 0.15) is 17.1 Å². The molecule has 0 aliphatic carbocycles.